The SMILES string of the molecule is CCCCN(CCCC)S(=O)(=O)c1ccc(C(=O)N=c2sc3cccc(C)c3n2CCOC)cc1. The molecule has 190 valence electrons. The van der Waals surface area contributed by atoms with Gasteiger partial charge in [-0.2, -0.15) is 9.30 Å². The van der Waals surface area contributed by atoms with Crippen LogP contribution in [0.5, 0.6) is 0 Å². The quantitative estimate of drug-likeness (QED) is 0.339. The van der Waals surface area contributed by atoms with E-state index in [1.807, 2.05) is 43.5 Å². The summed E-state index contributed by atoms with van der Waals surface area (Å²) >= 11 is 1.46. The number of methoxy groups -OCH3 is 1. The molecule has 0 bridgehead atoms. The fourth-order valence-corrected chi connectivity index (χ4v) is 6.52. The lowest BCUT2D eigenvalue weighted by molar-refractivity contribution is 0.0997. The second kappa shape index (κ2) is 12.6. The number of ether oxygens (including phenoxy) is 1. The number of rotatable bonds is 12. The van der Waals surface area contributed by atoms with Crippen molar-refractivity contribution in [1.82, 2.24) is 8.87 Å². The first-order chi connectivity index (χ1) is 16.8. The fourth-order valence-electron chi connectivity index (χ4n) is 3.87. The zero-order valence-electron chi connectivity index (χ0n) is 21.0. The zero-order chi connectivity index (χ0) is 25.4. The number of aryl methyl sites for hydroxylation is 1. The summed E-state index contributed by atoms with van der Waals surface area (Å²) in [5.41, 5.74) is 2.50. The van der Waals surface area contributed by atoms with Gasteiger partial charge in [-0.3, -0.25) is 4.79 Å². The maximum atomic E-state index is 13.2. The van der Waals surface area contributed by atoms with Crippen molar-refractivity contribution in [3.05, 3.63) is 58.4 Å². The number of thiazole rings is 1. The van der Waals surface area contributed by atoms with Crippen LogP contribution in [0.15, 0.2) is 52.4 Å². The summed E-state index contributed by atoms with van der Waals surface area (Å²) in [6.45, 7) is 8.21. The van der Waals surface area contributed by atoms with E-state index in [1.165, 1.54) is 23.5 Å². The van der Waals surface area contributed by atoms with Gasteiger partial charge in [0.2, 0.25) is 10.0 Å². The molecule has 0 spiro atoms. The topological polar surface area (TPSA) is 81.0 Å². The first-order valence-corrected chi connectivity index (χ1v) is 14.4. The molecule has 0 saturated heterocycles. The van der Waals surface area contributed by atoms with Crippen LogP contribution in [0.25, 0.3) is 10.2 Å². The van der Waals surface area contributed by atoms with E-state index in [0.717, 1.165) is 41.5 Å². The van der Waals surface area contributed by atoms with E-state index in [4.69, 9.17) is 4.74 Å². The van der Waals surface area contributed by atoms with Gasteiger partial charge in [-0.1, -0.05) is 50.2 Å². The number of para-hydroxylation sites is 1. The molecule has 3 rings (SSSR count). The lowest BCUT2D eigenvalue weighted by Gasteiger charge is -2.22. The van der Waals surface area contributed by atoms with Crippen LogP contribution in [0.1, 0.15) is 55.5 Å². The number of fused-ring (bicyclic) bond motifs is 1. The van der Waals surface area contributed by atoms with Gasteiger partial charge in [0.25, 0.3) is 5.91 Å². The molecule has 1 aromatic heterocycles. The summed E-state index contributed by atoms with van der Waals surface area (Å²) < 4.78 is 36.3. The second-order valence-corrected chi connectivity index (χ2v) is 11.5. The number of nitrogens with zero attached hydrogens (tertiary/aromatic N) is 3. The van der Waals surface area contributed by atoms with Crippen LogP contribution in [0.4, 0.5) is 0 Å². The number of sulfonamides is 1. The van der Waals surface area contributed by atoms with Crippen LogP contribution in [-0.4, -0.2) is 50.0 Å². The Morgan fingerprint density at radius 3 is 2.31 bits per heavy atom. The van der Waals surface area contributed by atoms with Gasteiger partial charge in [-0.05, 0) is 55.7 Å². The molecule has 1 amide bonds. The maximum Gasteiger partial charge on any atom is 0.279 e. The van der Waals surface area contributed by atoms with Gasteiger partial charge in [0.15, 0.2) is 4.80 Å². The first-order valence-electron chi connectivity index (χ1n) is 12.1. The van der Waals surface area contributed by atoms with Crippen LogP contribution in [0, 0.1) is 6.92 Å². The molecule has 9 heteroatoms. The predicted molar refractivity (Wildman–Crippen MR) is 141 cm³/mol. The molecule has 0 saturated carbocycles. The molecule has 0 fully saturated rings. The summed E-state index contributed by atoms with van der Waals surface area (Å²) in [5, 5.41) is 0. The number of benzene rings is 2. The number of amides is 1. The molecule has 0 radical (unpaired) electrons. The lowest BCUT2D eigenvalue weighted by Crippen LogP contribution is -2.33. The molecule has 0 aliphatic heterocycles. The highest BCUT2D eigenvalue weighted by Crippen LogP contribution is 2.22. The van der Waals surface area contributed by atoms with Gasteiger partial charge in [-0.25, -0.2) is 8.42 Å². The average Bonchev–Trinajstić information content (AvgIpc) is 3.20. The molecular formula is C26H35N3O4S2. The van der Waals surface area contributed by atoms with Crippen molar-refractivity contribution in [2.24, 2.45) is 4.99 Å². The van der Waals surface area contributed by atoms with Crippen molar-refractivity contribution in [1.29, 1.82) is 0 Å². The third kappa shape index (κ3) is 6.46. The Morgan fingerprint density at radius 1 is 1.06 bits per heavy atom. The van der Waals surface area contributed by atoms with Crippen molar-refractivity contribution in [2.45, 2.75) is 57.9 Å². The third-order valence-electron chi connectivity index (χ3n) is 5.88. The van der Waals surface area contributed by atoms with E-state index in [-0.39, 0.29) is 4.90 Å². The zero-order valence-corrected chi connectivity index (χ0v) is 22.6. The van der Waals surface area contributed by atoms with Crippen molar-refractivity contribution in [3.63, 3.8) is 0 Å². The summed E-state index contributed by atoms with van der Waals surface area (Å²) in [6.07, 6.45) is 3.48. The molecule has 2 aromatic carbocycles. The van der Waals surface area contributed by atoms with E-state index in [0.29, 0.717) is 36.6 Å². The van der Waals surface area contributed by atoms with E-state index >= 15 is 0 Å². The number of hydrogen-bond acceptors (Lipinski definition) is 5. The smallest absolute Gasteiger partial charge is 0.279 e. The van der Waals surface area contributed by atoms with Crippen LogP contribution in [-0.2, 0) is 21.3 Å². The van der Waals surface area contributed by atoms with Crippen LogP contribution < -0.4 is 4.80 Å². The number of unbranched alkanes of at least 4 members (excludes halogenated alkanes) is 2. The summed E-state index contributed by atoms with van der Waals surface area (Å²) in [6, 6.07) is 12.2. The minimum Gasteiger partial charge on any atom is -0.383 e. The molecule has 1 heterocycles. The Morgan fingerprint density at radius 2 is 1.71 bits per heavy atom. The normalized spacial score (nSPS) is 12.7. The molecule has 0 N–H and O–H groups in total. The van der Waals surface area contributed by atoms with E-state index in [1.54, 1.807) is 23.5 Å². The largest absolute Gasteiger partial charge is 0.383 e. The predicted octanol–water partition coefficient (Wildman–Crippen LogP) is 4.99. The molecule has 0 atom stereocenters. The number of hydrogen-bond donors (Lipinski definition) is 0. The molecule has 0 aliphatic carbocycles. The Balaban J connectivity index is 1.92. The molecule has 3 aromatic rings. The van der Waals surface area contributed by atoms with Gasteiger partial charge in [0.05, 0.1) is 21.7 Å². The van der Waals surface area contributed by atoms with Crippen molar-refractivity contribution < 1.29 is 17.9 Å². The van der Waals surface area contributed by atoms with Crippen LogP contribution in [0.3, 0.4) is 0 Å². The molecule has 7 nitrogen and oxygen atoms in total. The van der Waals surface area contributed by atoms with Crippen molar-refractivity contribution >= 4 is 37.5 Å². The van der Waals surface area contributed by atoms with Gasteiger partial charge < -0.3 is 9.30 Å². The molecule has 35 heavy (non-hydrogen) atoms. The van der Waals surface area contributed by atoms with E-state index in [2.05, 4.69) is 4.99 Å². The Bertz CT molecular complexity index is 1300. The fraction of sp³-hybridized carbons (Fsp3) is 0.462. The highest BCUT2D eigenvalue weighted by atomic mass is 32.2. The standard InChI is InChI=1S/C26H35N3O4S2/c1-5-7-16-28(17-8-6-2)35(31,32)22-14-12-21(13-15-22)25(30)27-26-29(18-19-33-4)24-20(3)10-9-11-23(24)34-26/h9-15H,5-8,16-19H2,1-4H3. The molecular weight excluding hydrogens is 482 g/mol. The van der Waals surface area contributed by atoms with E-state index < -0.39 is 15.9 Å². The Hall–Kier alpha value is -2.33. The molecule has 0 aliphatic rings. The van der Waals surface area contributed by atoms with Crippen molar-refractivity contribution in [3.8, 4) is 0 Å². The number of aromatic nitrogens is 1. The van der Waals surface area contributed by atoms with Gasteiger partial charge in [-0.15, -0.1) is 0 Å². The summed E-state index contributed by atoms with van der Waals surface area (Å²) in [7, 11) is -1.97. The summed E-state index contributed by atoms with van der Waals surface area (Å²) in [5.74, 6) is -0.404. The maximum absolute atomic E-state index is 13.2. The highest BCUT2D eigenvalue weighted by molar-refractivity contribution is 7.89. The summed E-state index contributed by atoms with van der Waals surface area (Å²) in [4.78, 5) is 18.2. The minimum absolute atomic E-state index is 0.203. The highest BCUT2D eigenvalue weighted by Gasteiger charge is 2.23. The number of carbonyl (C=O) groups excluding carboxylic acids is 1. The van der Waals surface area contributed by atoms with Crippen LogP contribution >= 0.6 is 11.3 Å². The van der Waals surface area contributed by atoms with E-state index in [9.17, 15) is 13.2 Å². The van der Waals surface area contributed by atoms with Crippen molar-refractivity contribution in [2.75, 3.05) is 26.8 Å². The third-order valence-corrected chi connectivity index (χ3v) is 8.84. The first kappa shape index (κ1) is 27.3. The second-order valence-electron chi connectivity index (χ2n) is 8.50. The molecule has 0 unspecified atom stereocenters. The van der Waals surface area contributed by atoms with Crippen LogP contribution in [0.2, 0.25) is 0 Å². The monoisotopic (exact) mass is 517 g/mol. The number of carbonyl (C=O) groups is 1. The minimum atomic E-state index is -3.61. The Labute approximate surface area is 212 Å². The lowest BCUT2D eigenvalue weighted by atomic mass is 10.2. The van der Waals surface area contributed by atoms with Gasteiger partial charge in [0.1, 0.15) is 0 Å². The van der Waals surface area contributed by atoms with Gasteiger partial charge >= 0.3 is 0 Å². The average molecular weight is 518 g/mol. The van der Waals surface area contributed by atoms with Gasteiger partial charge in [0, 0.05) is 32.3 Å². The Kier molecular flexibility index (Phi) is 9.80.